The van der Waals surface area contributed by atoms with E-state index < -0.39 is 0 Å². The lowest BCUT2D eigenvalue weighted by molar-refractivity contribution is 0.374. The maximum atomic E-state index is 11.3. The van der Waals surface area contributed by atoms with Gasteiger partial charge < -0.3 is 9.51 Å². The van der Waals surface area contributed by atoms with Crippen molar-refractivity contribution < 1.29 is 4.52 Å². The van der Waals surface area contributed by atoms with E-state index in [0.29, 0.717) is 29.2 Å². The molecule has 6 nitrogen and oxygen atoms in total. The minimum Gasteiger partial charge on any atom is -0.339 e. The second kappa shape index (κ2) is 4.52. The van der Waals surface area contributed by atoms with Crippen molar-refractivity contribution in [2.75, 3.05) is 0 Å². The van der Waals surface area contributed by atoms with Crippen LogP contribution in [0.15, 0.2) is 39.9 Å². The molecule has 0 radical (unpaired) electrons. The first-order valence-corrected chi connectivity index (χ1v) is 7.75. The van der Waals surface area contributed by atoms with Crippen LogP contribution in [-0.2, 0) is 6.42 Å². The fraction of sp³-hybridized carbons (Fsp3) is 0.250. The Labute approximate surface area is 135 Å². The molecule has 2 aliphatic carbocycles. The highest BCUT2D eigenvalue weighted by atomic mass is 35.5. The topological polar surface area (TPSA) is 84.7 Å². The van der Waals surface area contributed by atoms with Gasteiger partial charge >= 0.3 is 0 Å². The van der Waals surface area contributed by atoms with Crippen molar-refractivity contribution in [1.82, 2.24) is 20.1 Å². The van der Waals surface area contributed by atoms with E-state index in [0.717, 1.165) is 11.4 Å². The maximum Gasteiger partial charge on any atom is 0.251 e. The molecule has 0 aliphatic heterocycles. The number of nitrogens with zero attached hydrogens (tertiary/aromatic N) is 3. The highest BCUT2D eigenvalue weighted by molar-refractivity contribution is 6.30. The predicted molar refractivity (Wildman–Crippen MR) is 82.3 cm³/mol. The fourth-order valence-corrected chi connectivity index (χ4v) is 3.88. The van der Waals surface area contributed by atoms with E-state index in [1.165, 1.54) is 23.5 Å². The van der Waals surface area contributed by atoms with Crippen LogP contribution in [0.3, 0.4) is 0 Å². The number of hydrogen-bond donors (Lipinski definition) is 1. The van der Waals surface area contributed by atoms with Crippen LogP contribution >= 0.6 is 11.6 Å². The number of hydrogen-bond acceptors (Lipinski definition) is 5. The molecule has 2 heterocycles. The monoisotopic (exact) mass is 326 g/mol. The average molecular weight is 327 g/mol. The van der Waals surface area contributed by atoms with Crippen LogP contribution in [0.5, 0.6) is 0 Å². The smallest absolute Gasteiger partial charge is 0.251 e. The predicted octanol–water partition coefficient (Wildman–Crippen LogP) is 2.53. The molecule has 114 valence electrons. The third-order valence-corrected chi connectivity index (χ3v) is 4.96. The maximum absolute atomic E-state index is 11.3. The lowest BCUT2D eigenvalue weighted by Crippen LogP contribution is -2.04. The summed E-state index contributed by atoms with van der Waals surface area (Å²) in [5.41, 5.74) is 2.83. The van der Waals surface area contributed by atoms with E-state index in [4.69, 9.17) is 16.1 Å². The van der Waals surface area contributed by atoms with Crippen molar-refractivity contribution in [2.45, 2.75) is 18.3 Å². The van der Waals surface area contributed by atoms with E-state index in [1.807, 2.05) is 12.1 Å². The lowest BCUT2D eigenvalue weighted by Gasteiger charge is -2.05. The van der Waals surface area contributed by atoms with Crippen LogP contribution in [0.1, 0.15) is 28.9 Å². The summed E-state index contributed by atoms with van der Waals surface area (Å²) in [6.45, 7) is 0. The Balaban J connectivity index is 1.45. The van der Waals surface area contributed by atoms with Gasteiger partial charge in [0.2, 0.25) is 11.7 Å². The van der Waals surface area contributed by atoms with Gasteiger partial charge in [0.05, 0.1) is 6.33 Å². The number of rotatable bonds is 2. The van der Waals surface area contributed by atoms with E-state index >= 15 is 0 Å². The Morgan fingerprint density at radius 2 is 2.17 bits per heavy atom. The quantitative estimate of drug-likeness (QED) is 0.782. The van der Waals surface area contributed by atoms with E-state index in [2.05, 4.69) is 26.2 Å². The molecule has 1 N–H and O–H groups in total. The number of H-pyrrole nitrogens is 1. The first-order valence-electron chi connectivity index (χ1n) is 7.38. The number of fused-ring (bicyclic) bond motifs is 3. The summed E-state index contributed by atoms with van der Waals surface area (Å²) in [5.74, 6) is 2.17. The van der Waals surface area contributed by atoms with Crippen LogP contribution in [-0.4, -0.2) is 20.1 Å². The molecule has 3 aromatic rings. The van der Waals surface area contributed by atoms with Crippen molar-refractivity contribution in [3.63, 3.8) is 0 Å². The molecule has 5 rings (SSSR count). The molecule has 23 heavy (non-hydrogen) atoms. The summed E-state index contributed by atoms with van der Waals surface area (Å²) in [6, 6.07) is 7.43. The van der Waals surface area contributed by atoms with Gasteiger partial charge in [-0.05, 0) is 41.5 Å². The Hall–Kier alpha value is -2.47. The molecule has 1 aromatic carbocycles. The lowest BCUT2D eigenvalue weighted by atomic mass is 10.0. The standard InChI is InChI=1S/C16H11ClN4O2/c17-8-1-2-9-7(3-8)4-10-13(9)14(10)16-20-15(21-23-16)11-5-12(22)19-6-18-11/h1-3,5-6,10,13-14H,4H2,(H,18,19,22). The number of halogens is 1. The summed E-state index contributed by atoms with van der Waals surface area (Å²) < 4.78 is 5.42. The van der Waals surface area contributed by atoms with Crippen LogP contribution < -0.4 is 5.56 Å². The first-order chi connectivity index (χ1) is 11.2. The Morgan fingerprint density at radius 3 is 3.04 bits per heavy atom. The third kappa shape index (κ3) is 1.95. The summed E-state index contributed by atoms with van der Waals surface area (Å²) in [7, 11) is 0. The SMILES string of the molecule is O=c1cc(-c2noc(C3C4Cc5cc(Cl)ccc5C43)n2)nc[nH]1. The Morgan fingerprint density at radius 1 is 1.26 bits per heavy atom. The van der Waals surface area contributed by atoms with E-state index in [9.17, 15) is 4.79 Å². The molecular weight excluding hydrogens is 316 g/mol. The highest BCUT2D eigenvalue weighted by Crippen LogP contribution is 2.66. The average Bonchev–Trinajstić information content (AvgIpc) is 2.92. The second-order valence-corrected chi connectivity index (χ2v) is 6.45. The van der Waals surface area contributed by atoms with Gasteiger partial charge in [-0.15, -0.1) is 0 Å². The van der Waals surface area contributed by atoms with Gasteiger partial charge in [0.15, 0.2) is 0 Å². The van der Waals surface area contributed by atoms with Crippen molar-refractivity contribution in [1.29, 1.82) is 0 Å². The number of nitrogens with one attached hydrogen (secondary N) is 1. The normalized spacial score (nSPS) is 24.3. The minimum absolute atomic E-state index is 0.240. The molecule has 0 spiro atoms. The van der Waals surface area contributed by atoms with Crippen LogP contribution in [0.25, 0.3) is 11.5 Å². The zero-order valence-electron chi connectivity index (χ0n) is 11.9. The summed E-state index contributed by atoms with van der Waals surface area (Å²) >= 11 is 6.05. The van der Waals surface area contributed by atoms with Gasteiger partial charge in [-0.3, -0.25) is 4.79 Å². The van der Waals surface area contributed by atoms with E-state index in [-0.39, 0.29) is 11.5 Å². The van der Waals surface area contributed by atoms with E-state index in [1.54, 1.807) is 0 Å². The molecule has 1 saturated carbocycles. The number of aromatic amines is 1. The molecular formula is C16H11ClN4O2. The second-order valence-electron chi connectivity index (χ2n) is 6.02. The van der Waals surface area contributed by atoms with Gasteiger partial charge in [0, 0.05) is 17.0 Å². The minimum atomic E-state index is -0.240. The van der Waals surface area contributed by atoms with Gasteiger partial charge in [-0.1, -0.05) is 22.8 Å². The van der Waals surface area contributed by atoms with Gasteiger partial charge in [0.25, 0.3) is 5.56 Å². The zero-order chi connectivity index (χ0) is 15.6. The Kier molecular flexibility index (Phi) is 2.56. The van der Waals surface area contributed by atoms with Crippen molar-refractivity contribution in [2.24, 2.45) is 5.92 Å². The molecule has 3 atom stereocenters. The first kappa shape index (κ1) is 13.0. The molecule has 1 fully saturated rings. The van der Waals surface area contributed by atoms with Crippen LogP contribution in [0.2, 0.25) is 5.02 Å². The largest absolute Gasteiger partial charge is 0.339 e. The summed E-state index contributed by atoms with van der Waals surface area (Å²) in [6.07, 6.45) is 2.33. The molecule has 2 aromatic heterocycles. The van der Waals surface area contributed by atoms with Crippen molar-refractivity contribution in [3.8, 4) is 11.5 Å². The van der Waals surface area contributed by atoms with Gasteiger partial charge in [0.1, 0.15) is 5.69 Å². The fourth-order valence-electron chi connectivity index (χ4n) is 3.68. The number of aromatic nitrogens is 4. The molecule has 0 bridgehead atoms. The van der Waals surface area contributed by atoms with Crippen LogP contribution in [0.4, 0.5) is 0 Å². The molecule has 3 unspecified atom stereocenters. The molecule has 2 aliphatic rings. The van der Waals surface area contributed by atoms with Crippen LogP contribution in [0, 0.1) is 5.92 Å². The molecule has 0 saturated heterocycles. The van der Waals surface area contributed by atoms with Gasteiger partial charge in [-0.25, -0.2) is 4.98 Å². The van der Waals surface area contributed by atoms with Crippen molar-refractivity contribution in [3.05, 3.63) is 63.0 Å². The molecule has 0 amide bonds. The third-order valence-electron chi connectivity index (χ3n) is 4.72. The highest BCUT2D eigenvalue weighted by Gasteiger charge is 2.59. The van der Waals surface area contributed by atoms with Crippen molar-refractivity contribution >= 4 is 11.6 Å². The Bertz CT molecular complexity index is 980. The molecule has 7 heteroatoms. The van der Waals surface area contributed by atoms with Gasteiger partial charge in [-0.2, -0.15) is 4.98 Å². The number of benzene rings is 1. The zero-order valence-corrected chi connectivity index (χ0v) is 12.6. The summed E-state index contributed by atoms with van der Waals surface area (Å²) in [4.78, 5) is 22.3. The summed E-state index contributed by atoms with van der Waals surface area (Å²) in [5, 5.41) is 4.74.